The second-order valence-electron chi connectivity index (χ2n) is 23.5. The summed E-state index contributed by atoms with van der Waals surface area (Å²) in [6, 6.07) is 20.9. The number of pyridine rings is 2. The van der Waals surface area contributed by atoms with Gasteiger partial charge in [-0.25, -0.2) is 19.9 Å². The van der Waals surface area contributed by atoms with Gasteiger partial charge in [-0.2, -0.15) is 37.2 Å². The maximum Gasteiger partial charge on any atom is 0.224 e. The maximum absolute atomic E-state index is 12.9. The van der Waals surface area contributed by atoms with Gasteiger partial charge in [-0.15, -0.1) is 0 Å². The molecule has 2 aliphatic rings. The summed E-state index contributed by atoms with van der Waals surface area (Å²) >= 11 is 0. The zero-order valence-electron chi connectivity index (χ0n) is 51.4. The molecule has 0 radical (unpaired) electrons. The number of hydrogen-bond acceptors (Lipinski definition) is 17. The van der Waals surface area contributed by atoms with E-state index in [0.717, 1.165) is 47.3 Å². The number of amides is 2. The van der Waals surface area contributed by atoms with Crippen LogP contribution in [-0.4, -0.2) is 161 Å². The van der Waals surface area contributed by atoms with E-state index in [1.54, 1.807) is 62.6 Å². The van der Waals surface area contributed by atoms with Crippen molar-refractivity contribution in [2.45, 2.75) is 95.7 Å². The first kappa shape index (κ1) is 66.2. The van der Waals surface area contributed by atoms with E-state index in [0.29, 0.717) is 107 Å². The summed E-state index contributed by atoms with van der Waals surface area (Å²) in [6.07, 6.45) is 13.2. The number of carbonyl (C=O) groups is 2. The Kier molecular flexibility index (Phi) is 22.6. The topological polar surface area (TPSA) is 217 Å². The molecule has 86 heavy (non-hydrogen) atoms. The van der Waals surface area contributed by atoms with Crippen molar-refractivity contribution < 1.29 is 38.0 Å². The van der Waals surface area contributed by atoms with E-state index in [1.165, 1.54) is 0 Å². The maximum atomic E-state index is 12.9. The third-order valence-corrected chi connectivity index (χ3v) is 18.2. The Morgan fingerprint density at radius 3 is 1.63 bits per heavy atom. The smallest absolute Gasteiger partial charge is 0.224 e. The molecule has 2 unspecified atom stereocenters. The third kappa shape index (κ3) is 17.0. The number of benzene rings is 2. The van der Waals surface area contributed by atoms with Crippen LogP contribution in [0.4, 0.5) is 17.2 Å². The average molecular weight is 1250 g/mol. The molecule has 6 aromatic heterocycles. The summed E-state index contributed by atoms with van der Waals surface area (Å²) in [4.78, 5) is 60.8. The van der Waals surface area contributed by atoms with Crippen LogP contribution in [0.1, 0.15) is 25.7 Å². The van der Waals surface area contributed by atoms with Gasteiger partial charge in [0, 0.05) is 135 Å². The van der Waals surface area contributed by atoms with Gasteiger partial charge in [-0.3, -0.25) is 28.9 Å². The zero-order chi connectivity index (χ0) is 59.7. The van der Waals surface area contributed by atoms with Gasteiger partial charge >= 0.3 is 0 Å². The molecule has 0 N–H and O–H groups in total. The average Bonchev–Trinajstić information content (AvgIpc) is 3.82. The van der Waals surface area contributed by atoms with Crippen molar-refractivity contribution >= 4 is 94.5 Å². The largest absolute Gasteiger partial charge is 0.497 e. The minimum Gasteiger partial charge on any atom is -0.497 e. The third-order valence-electron chi connectivity index (χ3n) is 14.7. The number of likely N-dealkylation sites (tertiary alicyclic amines) is 2. The van der Waals surface area contributed by atoms with Crippen molar-refractivity contribution in [3.05, 3.63) is 103 Å². The Labute approximate surface area is 518 Å². The number of rotatable bonds is 23. The molecule has 0 spiro atoms. The molecule has 0 bridgehead atoms. The molecule has 2 saturated heterocycles. The lowest BCUT2D eigenvalue weighted by Crippen LogP contribution is -2.42. The fourth-order valence-corrected chi connectivity index (χ4v) is 11.4. The first-order chi connectivity index (χ1) is 40.3. The Bertz CT molecular complexity index is 3640. The number of ether oxygens (including phenoxy) is 6. The second-order valence-corrected chi connectivity index (χ2v) is 34.8. The van der Waals surface area contributed by atoms with E-state index >= 15 is 0 Å². The van der Waals surface area contributed by atoms with Crippen molar-refractivity contribution in [3.63, 3.8) is 0 Å². The Morgan fingerprint density at radius 1 is 0.605 bits per heavy atom. The molecule has 8 heterocycles. The van der Waals surface area contributed by atoms with Crippen molar-refractivity contribution in [1.29, 1.82) is 0 Å². The summed E-state index contributed by atoms with van der Waals surface area (Å²) in [5.41, 5.74) is 7.91. The number of nitrogens with zero attached hydrogens (tertiary/aromatic N) is 14. The van der Waals surface area contributed by atoms with E-state index in [9.17, 15) is 9.59 Å². The van der Waals surface area contributed by atoms with Crippen LogP contribution in [0.2, 0.25) is 51.4 Å². The van der Waals surface area contributed by atoms with E-state index in [4.69, 9.17) is 53.3 Å². The number of aryl methyl sites for hydroxylation is 2. The van der Waals surface area contributed by atoms with E-state index in [2.05, 4.69) is 59.4 Å². The van der Waals surface area contributed by atoms with Crippen LogP contribution in [0, 0.1) is 0 Å². The van der Waals surface area contributed by atoms with E-state index in [-0.39, 0.29) is 64.4 Å². The monoisotopic (exact) mass is 1250 g/mol. The van der Waals surface area contributed by atoms with Crippen molar-refractivity contribution in [2.75, 3.05) is 66.6 Å². The molecular weight excluding hydrogens is 1170 g/mol. The molecule has 22 nitrogen and oxygen atoms in total. The molecule has 2 fully saturated rings. The van der Waals surface area contributed by atoms with Crippen molar-refractivity contribution in [3.8, 4) is 45.5 Å². The molecule has 2 amide bonds. The van der Waals surface area contributed by atoms with E-state index < -0.39 is 16.1 Å². The van der Waals surface area contributed by atoms with Crippen LogP contribution < -0.4 is 29.3 Å². The predicted molar refractivity (Wildman–Crippen MR) is 349 cm³/mol. The summed E-state index contributed by atoms with van der Waals surface area (Å²) < 4.78 is 39.7. The number of hydrogen-bond donors (Lipinski definition) is 0. The van der Waals surface area contributed by atoms with Gasteiger partial charge in [0.25, 0.3) is 0 Å². The fourth-order valence-electron chi connectivity index (χ4n) is 9.85. The zero-order valence-corrected chi connectivity index (χ0v) is 55.4. The Hall–Kier alpha value is -7.37. The number of carbonyl (C=O) groups excluding carboxylic acids is 2. The van der Waals surface area contributed by atoms with Gasteiger partial charge in [0.05, 0.1) is 82.4 Å². The SMILES string of the molecule is COc1cc(N=c2ccc3ncc(-c4cnn(C)c4)nc3n2CC2CCC(=O)N2COCC[Si](C)(C)C)cc(OC)c1.COc1cc(OC)cc(N(CC2CCC(=O)N2COCC[Si](C)(C)C)c2ccc3ncc(-c4cnn(C)c4)nc3n2)c1.S.S. The fraction of sp³-hybridized carbons (Fsp3) is 0.433. The molecule has 8 aromatic rings. The van der Waals surface area contributed by atoms with Gasteiger partial charge < -0.3 is 47.7 Å². The van der Waals surface area contributed by atoms with Gasteiger partial charge in [0.2, 0.25) is 11.8 Å². The first-order valence-corrected chi connectivity index (χ1v) is 35.7. The molecule has 2 aromatic carbocycles. The quantitative estimate of drug-likeness (QED) is 0.0430. The van der Waals surface area contributed by atoms with Crippen molar-refractivity contribution in [1.82, 2.24) is 58.8 Å². The molecule has 0 aliphatic carbocycles. The molecular formula is C60H82N14O8S2Si2. The first-order valence-electron chi connectivity index (χ1n) is 28.3. The summed E-state index contributed by atoms with van der Waals surface area (Å²) in [6.45, 7) is 16.8. The van der Waals surface area contributed by atoms with Gasteiger partial charge in [0.1, 0.15) is 58.8 Å². The predicted octanol–water partition coefficient (Wildman–Crippen LogP) is 9.49. The van der Waals surface area contributed by atoms with Crippen LogP contribution in [0.3, 0.4) is 0 Å². The number of anilines is 2. The number of fused-ring (bicyclic) bond motifs is 2. The van der Waals surface area contributed by atoms with Gasteiger partial charge in [0.15, 0.2) is 11.3 Å². The van der Waals surface area contributed by atoms with Crippen LogP contribution in [0.5, 0.6) is 23.0 Å². The number of aromatic nitrogens is 10. The summed E-state index contributed by atoms with van der Waals surface area (Å²) in [5.74, 6) is 3.48. The second kappa shape index (κ2) is 29.4. The molecule has 2 aliphatic heterocycles. The van der Waals surface area contributed by atoms with Gasteiger partial charge in [-0.05, 0) is 49.2 Å². The highest BCUT2D eigenvalue weighted by Crippen LogP contribution is 2.35. The standard InChI is InChI=1S/2C30H39N7O4Si.2H2S/c1-35-18-21(16-32-35)27-17-31-26-8-9-28(33-22-13-24(39-2)15-25(14-22)40-3)36(30(26)34-27)19-23-7-10-29(38)37(23)20-41-11-12-42(4,5)6;1-35-18-21(16-32-35)27-17-31-26-8-9-28(34-30(26)33-27)36(23-13-24(39-2)15-25(14-23)40-3)19-22-7-10-29(38)37(22)20-41-11-12-42(4,5)6;;/h8-9,13-18,23H,7,10-12,19-20H2,1-6H3;8-9,13-18,22H,7,10-12,19-20H2,1-6H3;2*1H2. The Balaban J connectivity index is 0.000000240. The lowest BCUT2D eigenvalue weighted by molar-refractivity contribution is -0.135. The molecule has 0 saturated carbocycles. The number of methoxy groups -OCH3 is 4. The lowest BCUT2D eigenvalue weighted by Gasteiger charge is -2.32. The van der Waals surface area contributed by atoms with E-state index in [1.807, 2.05) is 102 Å². The normalized spacial score (nSPS) is 15.4. The lowest BCUT2D eigenvalue weighted by atomic mass is 10.1. The highest BCUT2D eigenvalue weighted by molar-refractivity contribution is 7.59. The van der Waals surface area contributed by atoms with Crippen molar-refractivity contribution in [2.24, 2.45) is 19.1 Å². The minimum atomic E-state index is -1.23. The highest BCUT2D eigenvalue weighted by atomic mass is 32.1. The molecule has 2 atom stereocenters. The van der Waals surface area contributed by atoms with Crippen LogP contribution in [0.15, 0.2) is 103 Å². The Morgan fingerprint density at radius 2 is 1.10 bits per heavy atom. The van der Waals surface area contributed by atoms with Gasteiger partial charge in [-0.1, -0.05) is 39.3 Å². The highest BCUT2D eigenvalue weighted by Gasteiger charge is 2.35. The summed E-state index contributed by atoms with van der Waals surface area (Å²) in [7, 11) is 7.75. The molecule has 26 heteroatoms. The van der Waals surface area contributed by atoms with Crippen LogP contribution in [-0.2, 0) is 39.7 Å². The molecule has 10 rings (SSSR count). The summed E-state index contributed by atoms with van der Waals surface area (Å²) in [5, 5.41) is 8.55. The van der Waals surface area contributed by atoms with Crippen LogP contribution >= 0.6 is 27.0 Å². The minimum absolute atomic E-state index is 0. The van der Waals surface area contributed by atoms with Crippen LogP contribution in [0.25, 0.3) is 44.8 Å². The molecule has 460 valence electrons.